The van der Waals surface area contributed by atoms with Crippen LogP contribution in [0, 0.1) is 5.82 Å². The smallest absolute Gasteiger partial charge is 0.132 e. The maximum Gasteiger partial charge on any atom is 0.132 e. The number of nitrogens with zero attached hydrogens (tertiary/aromatic N) is 1. The fraction of sp³-hybridized carbons (Fsp3) is 0.250. The molecule has 0 aliphatic heterocycles. The lowest BCUT2D eigenvalue weighted by Gasteiger charge is -2.04. The van der Waals surface area contributed by atoms with Crippen molar-refractivity contribution in [1.29, 1.82) is 0 Å². The molecule has 0 radical (unpaired) electrons. The maximum absolute atomic E-state index is 13.5. The molecule has 0 aliphatic rings. The molecule has 1 unspecified atom stereocenters. The Morgan fingerprint density at radius 3 is 2.81 bits per heavy atom. The van der Waals surface area contributed by atoms with Gasteiger partial charge in [-0.2, -0.15) is 0 Å². The molecule has 1 aromatic carbocycles. The first-order valence-electron chi connectivity index (χ1n) is 5.10. The van der Waals surface area contributed by atoms with Gasteiger partial charge in [0.2, 0.25) is 0 Å². The van der Waals surface area contributed by atoms with E-state index in [2.05, 4.69) is 10.3 Å². The predicted octanol–water partition coefficient (Wildman–Crippen LogP) is 3.23. The summed E-state index contributed by atoms with van der Waals surface area (Å²) in [6.07, 6.45) is 0. The van der Waals surface area contributed by atoms with Gasteiger partial charge in [-0.1, -0.05) is 12.1 Å². The first-order valence-corrected chi connectivity index (χ1v) is 5.98. The van der Waals surface area contributed by atoms with Crippen LogP contribution in [0.2, 0.25) is 0 Å². The van der Waals surface area contributed by atoms with Gasteiger partial charge in [0.05, 0.1) is 11.7 Å². The Hall–Kier alpha value is -1.26. The van der Waals surface area contributed by atoms with Crippen LogP contribution in [0.25, 0.3) is 11.3 Å². The Balaban J connectivity index is 2.35. The van der Waals surface area contributed by atoms with Gasteiger partial charge in [0.25, 0.3) is 0 Å². The van der Waals surface area contributed by atoms with Crippen LogP contribution in [0.15, 0.2) is 29.6 Å². The van der Waals surface area contributed by atoms with Crippen molar-refractivity contribution in [3.63, 3.8) is 0 Å². The Labute approximate surface area is 98.2 Å². The van der Waals surface area contributed by atoms with Crippen molar-refractivity contribution < 1.29 is 4.39 Å². The highest BCUT2D eigenvalue weighted by Gasteiger charge is 2.11. The molecule has 2 nitrogen and oxygen atoms in total. The number of hydrogen-bond acceptors (Lipinski definition) is 3. The van der Waals surface area contributed by atoms with Gasteiger partial charge < -0.3 is 5.32 Å². The van der Waals surface area contributed by atoms with Gasteiger partial charge in [-0.3, -0.25) is 0 Å². The zero-order chi connectivity index (χ0) is 11.5. The predicted molar refractivity (Wildman–Crippen MR) is 65.0 cm³/mol. The van der Waals surface area contributed by atoms with Crippen LogP contribution in [0.1, 0.15) is 18.0 Å². The van der Waals surface area contributed by atoms with Crippen molar-refractivity contribution in [3.8, 4) is 11.3 Å². The molecule has 0 amide bonds. The van der Waals surface area contributed by atoms with Crippen LogP contribution in [-0.2, 0) is 0 Å². The monoisotopic (exact) mass is 236 g/mol. The molecule has 16 heavy (non-hydrogen) atoms. The Morgan fingerprint density at radius 1 is 1.38 bits per heavy atom. The number of halogens is 1. The fourth-order valence-corrected chi connectivity index (χ4v) is 2.29. The summed E-state index contributed by atoms with van der Waals surface area (Å²) >= 11 is 1.55. The normalized spacial score (nSPS) is 12.7. The number of benzene rings is 1. The van der Waals surface area contributed by atoms with Crippen molar-refractivity contribution in [2.75, 3.05) is 7.05 Å². The quantitative estimate of drug-likeness (QED) is 0.885. The van der Waals surface area contributed by atoms with E-state index >= 15 is 0 Å². The highest BCUT2D eigenvalue weighted by atomic mass is 32.1. The number of aromatic nitrogens is 1. The summed E-state index contributed by atoms with van der Waals surface area (Å²) < 4.78 is 13.5. The van der Waals surface area contributed by atoms with Crippen molar-refractivity contribution in [2.24, 2.45) is 0 Å². The number of nitrogens with one attached hydrogen (secondary N) is 1. The van der Waals surface area contributed by atoms with Crippen LogP contribution >= 0.6 is 11.3 Å². The van der Waals surface area contributed by atoms with Gasteiger partial charge in [-0.25, -0.2) is 9.37 Å². The van der Waals surface area contributed by atoms with Crippen LogP contribution in [0.4, 0.5) is 4.39 Å². The van der Waals surface area contributed by atoms with E-state index in [1.54, 1.807) is 23.5 Å². The lowest BCUT2D eigenvalue weighted by atomic mass is 10.1. The van der Waals surface area contributed by atoms with Crippen molar-refractivity contribution >= 4 is 11.3 Å². The Morgan fingerprint density at radius 2 is 2.12 bits per heavy atom. The van der Waals surface area contributed by atoms with Gasteiger partial charge in [0, 0.05) is 10.9 Å². The molecule has 0 saturated carbocycles. The minimum Gasteiger partial charge on any atom is -0.311 e. The summed E-state index contributed by atoms with van der Waals surface area (Å²) in [5.74, 6) is -0.225. The summed E-state index contributed by atoms with van der Waals surface area (Å²) in [7, 11) is 1.88. The maximum atomic E-state index is 13.5. The van der Waals surface area contributed by atoms with E-state index in [0.717, 1.165) is 5.01 Å². The second-order valence-electron chi connectivity index (χ2n) is 3.56. The van der Waals surface area contributed by atoms with Crippen molar-refractivity contribution in [3.05, 3.63) is 40.5 Å². The van der Waals surface area contributed by atoms with Gasteiger partial charge in [0.15, 0.2) is 0 Å². The number of thiazole rings is 1. The van der Waals surface area contributed by atoms with Crippen LogP contribution < -0.4 is 5.32 Å². The first-order chi connectivity index (χ1) is 7.72. The van der Waals surface area contributed by atoms with E-state index in [-0.39, 0.29) is 11.9 Å². The van der Waals surface area contributed by atoms with Gasteiger partial charge in [0.1, 0.15) is 10.8 Å². The molecular formula is C12H13FN2S. The average molecular weight is 236 g/mol. The first kappa shape index (κ1) is 11.2. The molecule has 1 aromatic heterocycles. The lowest BCUT2D eigenvalue weighted by Crippen LogP contribution is -2.11. The second-order valence-corrected chi connectivity index (χ2v) is 4.45. The molecule has 0 aliphatic carbocycles. The molecule has 1 N–H and O–H groups in total. The van der Waals surface area contributed by atoms with Crippen LogP contribution in [-0.4, -0.2) is 12.0 Å². The molecule has 84 valence electrons. The molecule has 0 fully saturated rings. The largest absolute Gasteiger partial charge is 0.311 e. The number of hydrogen-bond donors (Lipinski definition) is 1. The fourth-order valence-electron chi connectivity index (χ4n) is 1.40. The van der Waals surface area contributed by atoms with Crippen molar-refractivity contribution in [1.82, 2.24) is 10.3 Å². The van der Waals surface area contributed by atoms with E-state index in [4.69, 9.17) is 0 Å². The minimum atomic E-state index is -0.225. The Bertz CT molecular complexity index is 481. The molecule has 1 heterocycles. The SMILES string of the molecule is CNC(C)c1nc(-c2ccccc2F)cs1. The molecule has 1 atom stereocenters. The molecule has 2 rings (SSSR count). The third-order valence-electron chi connectivity index (χ3n) is 2.48. The molecule has 0 spiro atoms. The summed E-state index contributed by atoms with van der Waals surface area (Å²) in [5, 5.41) is 5.98. The van der Waals surface area contributed by atoms with Crippen molar-refractivity contribution in [2.45, 2.75) is 13.0 Å². The average Bonchev–Trinajstić information content (AvgIpc) is 2.78. The second kappa shape index (κ2) is 4.72. The molecule has 4 heteroatoms. The van der Waals surface area contributed by atoms with E-state index in [1.165, 1.54) is 6.07 Å². The summed E-state index contributed by atoms with van der Waals surface area (Å²) in [5.41, 5.74) is 1.27. The summed E-state index contributed by atoms with van der Waals surface area (Å²) in [4.78, 5) is 4.43. The minimum absolute atomic E-state index is 0.200. The molecular weight excluding hydrogens is 223 g/mol. The van der Waals surface area contributed by atoms with Gasteiger partial charge in [-0.15, -0.1) is 11.3 Å². The van der Waals surface area contributed by atoms with Gasteiger partial charge >= 0.3 is 0 Å². The van der Waals surface area contributed by atoms with Gasteiger partial charge in [-0.05, 0) is 26.1 Å². The topological polar surface area (TPSA) is 24.9 Å². The Kier molecular flexibility index (Phi) is 3.31. The lowest BCUT2D eigenvalue weighted by molar-refractivity contribution is 0.629. The van der Waals surface area contributed by atoms with E-state index in [9.17, 15) is 4.39 Å². The third kappa shape index (κ3) is 2.13. The standard InChI is InChI=1S/C12H13FN2S/c1-8(14-2)12-15-11(7-16-12)9-5-3-4-6-10(9)13/h3-8,14H,1-2H3. The third-order valence-corrected chi connectivity index (χ3v) is 3.50. The summed E-state index contributed by atoms with van der Waals surface area (Å²) in [6.45, 7) is 2.03. The van der Waals surface area contributed by atoms with E-state index in [1.807, 2.05) is 25.4 Å². The van der Waals surface area contributed by atoms with E-state index in [0.29, 0.717) is 11.3 Å². The molecule has 0 saturated heterocycles. The van der Waals surface area contributed by atoms with Crippen LogP contribution in [0.3, 0.4) is 0 Å². The number of rotatable bonds is 3. The highest BCUT2D eigenvalue weighted by molar-refractivity contribution is 7.10. The van der Waals surface area contributed by atoms with E-state index < -0.39 is 0 Å². The van der Waals surface area contributed by atoms with Crippen LogP contribution in [0.5, 0.6) is 0 Å². The molecule has 2 aromatic rings. The summed E-state index contributed by atoms with van der Waals surface area (Å²) in [6, 6.07) is 6.90. The molecule has 0 bridgehead atoms. The zero-order valence-corrected chi connectivity index (χ0v) is 10.0. The highest BCUT2D eigenvalue weighted by Crippen LogP contribution is 2.26. The zero-order valence-electron chi connectivity index (χ0n) is 9.20.